The largest absolute Gasteiger partial charge is 0.472 e. The molecule has 11 nitrogen and oxygen atoms in total. The van der Waals surface area contributed by atoms with Crippen molar-refractivity contribution >= 4 is 17.3 Å². The number of rotatable bonds is 8. The topological polar surface area (TPSA) is 131 Å². The zero-order chi connectivity index (χ0) is 25.3. The maximum absolute atomic E-state index is 12.4. The number of halogens is 1. The van der Waals surface area contributed by atoms with Crippen LogP contribution in [0, 0.1) is 13.8 Å². The molecule has 12 heteroatoms. The summed E-state index contributed by atoms with van der Waals surface area (Å²) in [5.74, 6) is 0.443. The molecular formula is C23H30ClN7O4. The van der Waals surface area contributed by atoms with Crippen molar-refractivity contribution < 1.29 is 14.9 Å². The molecule has 1 atom stereocenters. The van der Waals surface area contributed by atoms with Crippen molar-refractivity contribution in [3.63, 3.8) is 0 Å². The first-order valence-electron chi connectivity index (χ1n) is 11.4. The molecule has 0 unspecified atom stereocenters. The summed E-state index contributed by atoms with van der Waals surface area (Å²) < 4.78 is 9.08. The summed E-state index contributed by atoms with van der Waals surface area (Å²) in [6.45, 7) is 8.79. The lowest BCUT2D eigenvalue weighted by atomic mass is 10.1. The predicted molar refractivity (Wildman–Crippen MR) is 131 cm³/mol. The Bertz CT molecular complexity index is 1270. The smallest absolute Gasteiger partial charge is 0.287 e. The predicted octanol–water partition coefficient (Wildman–Crippen LogP) is 1.59. The van der Waals surface area contributed by atoms with Crippen LogP contribution in [0.4, 0.5) is 5.69 Å². The number of anilines is 1. The Balaban J connectivity index is 1.49. The van der Waals surface area contributed by atoms with E-state index in [1.165, 1.54) is 6.33 Å². The van der Waals surface area contributed by atoms with Crippen molar-refractivity contribution in [3.8, 4) is 17.1 Å². The van der Waals surface area contributed by atoms with Crippen LogP contribution in [0.3, 0.4) is 0 Å². The van der Waals surface area contributed by atoms with Gasteiger partial charge in [0.05, 0.1) is 55.1 Å². The molecule has 0 spiro atoms. The van der Waals surface area contributed by atoms with E-state index in [4.69, 9.17) is 21.4 Å². The van der Waals surface area contributed by atoms with Crippen molar-refractivity contribution in [2.45, 2.75) is 58.9 Å². The lowest BCUT2D eigenvalue weighted by Gasteiger charge is -2.20. The number of hydrogen-bond acceptors (Lipinski definition) is 9. The van der Waals surface area contributed by atoms with E-state index in [1.54, 1.807) is 30.8 Å². The Morgan fingerprint density at radius 3 is 2.74 bits per heavy atom. The van der Waals surface area contributed by atoms with Gasteiger partial charge in [-0.05, 0) is 27.7 Å². The third-order valence-electron chi connectivity index (χ3n) is 5.87. The minimum Gasteiger partial charge on any atom is -0.472 e. The summed E-state index contributed by atoms with van der Waals surface area (Å²) in [7, 11) is 0. The van der Waals surface area contributed by atoms with E-state index >= 15 is 0 Å². The number of ether oxygens (including phenoxy) is 1. The Hall–Kier alpha value is -3.02. The van der Waals surface area contributed by atoms with Gasteiger partial charge >= 0.3 is 0 Å². The summed E-state index contributed by atoms with van der Waals surface area (Å²) >= 11 is 6.30. The Labute approximate surface area is 208 Å². The third kappa shape index (κ3) is 5.47. The molecule has 0 aliphatic carbocycles. The van der Waals surface area contributed by atoms with Crippen LogP contribution in [-0.4, -0.2) is 71.1 Å². The fourth-order valence-electron chi connectivity index (χ4n) is 4.27. The molecule has 1 aliphatic heterocycles. The van der Waals surface area contributed by atoms with E-state index < -0.39 is 11.2 Å². The normalized spacial score (nSPS) is 16.2. The zero-order valence-electron chi connectivity index (χ0n) is 20.3. The fraction of sp³-hybridized carbons (Fsp3) is 0.522. The maximum atomic E-state index is 12.4. The molecule has 4 heterocycles. The maximum Gasteiger partial charge on any atom is 0.287 e. The van der Waals surface area contributed by atoms with Crippen LogP contribution in [0.25, 0.3) is 11.3 Å². The average molecular weight is 504 g/mol. The molecule has 2 N–H and O–H groups in total. The molecule has 1 fully saturated rings. The van der Waals surface area contributed by atoms with Crippen LogP contribution in [0.5, 0.6) is 5.88 Å². The van der Waals surface area contributed by atoms with Crippen LogP contribution >= 0.6 is 11.6 Å². The number of aryl methyl sites for hydroxylation is 1. The second kappa shape index (κ2) is 9.92. The Morgan fingerprint density at radius 1 is 1.26 bits per heavy atom. The first kappa shape index (κ1) is 25.1. The number of aromatic nitrogens is 6. The SMILES string of the molecule is Cc1nn(CC(C)(C)O)c(C)c1-c1cc(O[C@@H]2CCN(c3cnn(CCO)c(=O)c3Cl)C2)ncn1. The monoisotopic (exact) mass is 503 g/mol. The van der Waals surface area contributed by atoms with E-state index in [1.807, 2.05) is 18.7 Å². The van der Waals surface area contributed by atoms with E-state index in [9.17, 15) is 9.90 Å². The number of aliphatic hydroxyl groups excluding tert-OH is 1. The molecule has 4 rings (SSSR count). The molecule has 0 bridgehead atoms. The summed E-state index contributed by atoms with van der Waals surface area (Å²) in [6.07, 6.45) is 3.57. The Kier molecular flexibility index (Phi) is 7.11. The number of aliphatic hydroxyl groups is 2. The van der Waals surface area contributed by atoms with Crippen molar-refractivity contribution in [2.24, 2.45) is 0 Å². The fourth-order valence-corrected chi connectivity index (χ4v) is 4.54. The molecular weight excluding hydrogens is 474 g/mol. The first-order chi connectivity index (χ1) is 16.6. The highest BCUT2D eigenvalue weighted by molar-refractivity contribution is 6.33. The van der Waals surface area contributed by atoms with Crippen LogP contribution in [-0.2, 0) is 13.1 Å². The molecule has 188 valence electrons. The second-order valence-electron chi connectivity index (χ2n) is 9.33. The van der Waals surface area contributed by atoms with Gasteiger partial charge in [0.25, 0.3) is 5.56 Å². The van der Waals surface area contributed by atoms with Gasteiger partial charge in [-0.25, -0.2) is 14.6 Å². The van der Waals surface area contributed by atoms with Gasteiger partial charge in [-0.1, -0.05) is 11.6 Å². The van der Waals surface area contributed by atoms with E-state index in [0.29, 0.717) is 36.9 Å². The van der Waals surface area contributed by atoms with Gasteiger partial charge < -0.3 is 19.8 Å². The first-order valence-corrected chi connectivity index (χ1v) is 11.8. The highest BCUT2D eigenvalue weighted by atomic mass is 35.5. The number of hydrogen-bond donors (Lipinski definition) is 2. The lowest BCUT2D eigenvalue weighted by Crippen LogP contribution is -2.30. The summed E-state index contributed by atoms with van der Waals surface area (Å²) in [5, 5.41) is 28.0. The van der Waals surface area contributed by atoms with Gasteiger partial charge in [-0.3, -0.25) is 9.48 Å². The molecule has 0 radical (unpaired) electrons. The summed E-state index contributed by atoms with van der Waals surface area (Å²) in [5.41, 5.74) is 2.51. The van der Waals surface area contributed by atoms with Gasteiger partial charge in [-0.2, -0.15) is 10.2 Å². The van der Waals surface area contributed by atoms with E-state index in [0.717, 1.165) is 28.1 Å². The molecule has 0 amide bonds. The van der Waals surface area contributed by atoms with Crippen LogP contribution < -0.4 is 15.2 Å². The molecule has 3 aromatic heterocycles. The quantitative estimate of drug-likeness (QED) is 0.470. The van der Waals surface area contributed by atoms with Crippen LogP contribution in [0.2, 0.25) is 5.02 Å². The minimum atomic E-state index is -0.891. The Morgan fingerprint density at radius 2 is 2.03 bits per heavy atom. The molecule has 0 aromatic carbocycles. The van der Waals surface area contributed by atoms with Gasteiger partial charge in [0, 0.05) is 30.3 Å². The standard InChI is InChI=1S/C23H30ClN7O4/c1-14-20(15(2)31(28-14)12-23(3,4)34)17-9-19(26-13-25-17)35-16-5-6-29(11-16)18-10-27-30(7-8-32)22(33)21(18)24/h9-10,13,16,32,34H,5-8,11-12H2,1-4H3/t16-/m1/s1. The molecule has 35 heavy (non-hydrogen) atoms. The molecule has 1 saturated heterocycles. The summed E-state index contributed by atoms with van der Waals surface area (Å²) in [4.78, 5) is 23.0. The van der Waals surface area contributed by atoms with Crippen LogP contribution in [0.15, 0.2) is 23.4 Å². The third-order valence-corrected chi connectivity index (χ3v) is 6.22. The van der Waals surface area contributed by atoms with Crippen molar-refractivity contribution in [3.05, 3.63) is 45.4 Å². The molecule has 1 aliphatic rings. The van der Waals surface area contributed by atoms with Gasteiger partial charge in [-0.15, -0.1) is 0 Å². The highest BCUT2D eigenvalue weighted by Gasteiger charge is 2.28. The lowest BCUT2D eigenvalue weighted by molar-refractivity contribution is 0.0570. The summed E-state index contributed by atoms with van der Waals surface area (Å²) in [6, 6.07) is 1.79. The number of nitrogens with zero attached hydrogens (tertiary/aromatic N) is 7. The van der Waals surface area contributed by atoms with E-state index in [-0.39, 0.29) is 24.3 Å². The van der Waals surface area contributed by atoms with E-state index in [2.05, 4.69) is 20.2 Å². The average Bonchev–Trinajstić information content (AvgIpc) is 3.34. The van der Waals surface area contributed by atoms with Crippen molar-refractivity contribution in [1.82, 2.24) is 29.5 Å². The highest BCUT2D eigenvalue weighted by Crippen LogP contribution is 2.30. The van der Waals surface area contributed by atoms with Crippen molar-refractivity contribution in [2.75, 3.05) is 24.6 Å². The van der Waals surface area contributed by atoms with Crippen molar-refractivity contribution in [1.29, 1.82) is 0 Å². The second-order valence-corrected chi connectivity index (χ2v) is 9.71. The molecule has 0 saturated carbocycles. The minimum absolute atomic E-state index is 0.0763. The molecule has 3 aromatic rings. The van der Waals surface area contributed by atoms with Gasteiger partial charge in [0.15, 0.2) is 0 Å². The van der Waals surface area contributed by atoms with Gasteiger partial charge in [0.1, 0.15) is 17.5 Å². The van der Waals surface area contributed by atoms with Crippen LogP contribution in [0.1, 0.15) is 31.7 Å². The van der Waals surface area contributed by atoms with Gasteiger partial charge in [0.2, 0.25) is 5.88 Å². The zero-order valence-corrected chi connectivity index (χ0v) is 21.0.